The summed E-state index contributed by atoms with van der Waals surface area (Å²) in [5.74, 6) is -0.939. The highest BCUT2D eigenvalue weighted by molar-refractivity contribution is 7.80. The second-order valence-electron chi connectivity index (χ2n) is 9.48. The molecule has 1 fully saturated rings. The van der Waals surface area contributed by atoms with Gasteiger partial charge in [0.25, 0.3) is 0 Å². The van der Waals surface area contributed by atoms with E-state index in [1.54, 1.807) is 18.3 Å². The van der Waals surface area contributed by atoms with E-state index in [0.717, 1.165) is 46.0 Å². The standard InChI is InChI=1S/C30H30N4O2S/c1-5-21-10-13-23(14-11-21)34-28(27(32-30(34)37)25-8-6-7-15-31-25)24-16-19(3)33(20(24)4)26-17-22(29(35)36)12-9-18(26)2/h6-17,27-28H,5H2,1-4H3,(H,32,37)(H,35,36)/t27-,28-/m0/s1. The Labute approximate surface area is 222 Å². The molecule has 0 saturated carbocycles. The predicted octanol–water partition coefficient (Wildman–Crippen LogP) is 6.24. The summed E-state index contributed by atoms with van der Waals surface area (Å²) in [6.45, 7) is 8.29. The lowest BCUT2D eigenvalue weighted by Crippen LogP contribution is -2.29. The van der Waals surface area contributed by atoms with Gasteiger partial charge >= 0.3 is 5.97 Å². The van der Waals surface area contributed by atoms with Crippen LogP contribution in [0, 0.1) is 20.8 Å². The van der Waals surface area contributed by atoms with Crippen molar-refractivity contribution in [3.05, 3.63) is 112 Å². The van der Waals surface area contributed by atoms with Gasteiger partial charge < -0.3 is 19.9 Å². The lowest BCUT2D eigenvalue weighted by Gasteiger charge is -2.28. The summed E-state index contributed by atoms with van der Waals surface area (Å²) in [6, 6.07) is 21.6. The minimum atomic E-state index is -0.939. The third-order valence-corrected chi connectivity index (χ3v) is 7.52. The zero-order valence-corrected chi connectivity index (χ0v) is 22.2. The number of thiocarbonyl (C=S) groups is 1. The molecule has 2 aromatic carbocycles. The van der Waals surface area contributed by atoms with Gasteiger partial charge in [-0.3, -0.25) is 4.98 Å². The second-order valence-corrected chi connectivity index (χ2v) is 9.87. The lowest BCUT2D eigenvalue weighted by atomic mass is 9.96. The van der Waals surface area contributed by atoms with Crippen LogP contribution < -0.4 is 10.2 Å². The quantitative estimate of drug-likeness (QED) is 0.300. The van der Waals surface area contributed by atoms with Gasteiger partial charge in [0.15, 0.2) is 5.11 Å². The van der Waals surface area contributed by atoms with Gasteiger partial charge in [-0.15, -0.1) is 0 Å². The van der Waals surface area contributed by atoms with Crippen molar-refractivity contribution in [3.8, 4) is 5.69 Å². The number of benzene rings is 2. The summed E-state index contributed by atoms with van der Waals surface area (Å²) < 4.78 is 2.15. The molecule has 4 aromatic rings. The number of nitrogens with zero attached hydrogens (tertiary/aromatic N) is 3. The van der Waals surface area contributed by atoms with Crippen molar-refractivity contribution in [3.63, 3.8) is 0 Å². The van der Waals surface area contributed by atoms with Crippen LogP contribution in [0.5, 0.6) is 0 Å². The predicted molar refractivity (Wildman–Crippen MR) is 151 cm³/mol. The summed E-state index contributed by atoms with van der Waals surface area (Å²) in [4.78, 5) is 18.6. The Hall–Kier alpha value is -3.97. The molecule has 0 bridgehead atoms. The maximum Gasteiger partial charge on any atom is 0.335 e. The van der Waals surface area contributed by atoms with E-state index in [9.17, 15) is 9.90 Å². The molecular formula is C30H30N4O2S. The number of carboxylic acid groups (broad SMARTS) is 1. The Morgan fingerprint density at radius 1 is 1.05 bits per heavy atom. The SMILES string of the molecule is CCc1ccc(N2C(=S)N[C@@H](c3ccccn3)[C@@H]2c2cc(C)n(-c3cc(C(=O)O)ccc3C)c2C)cc1. The van der Waals surface area contributed by atoms with Gasteiger partial charge in [-0.25, -0.2) is 4.79 Å². The molecule has 7 heteroatoms. The molecule has 2 atom stereocenters. The first-order chi connectivity index (χ1) is 17.8. The van der Waals surface area contributed by atoms with Crippen LogP contribution in [0.1, 0.15) is 63.1 Å². The van der Waals surface area contributed by atoms with Crippen molar-refractivity contribution < 1.29 is 9.90 Å². The van der Waals surface area contributed by atoms with Crippen molar-refractivity contribution in [2.75, 3.05) is 4.90 Å². The molecule has 5 rings (SSSR count). The number of pyridine rings is 1. The van der Waals surface area contributed by atoms with Crippen molar-refractivity contribution in [1.29, 1.82) is 0 Å². The van der Waals surface area contributed by atoms with Crippen LogP contribution in [0.4, 0.5) is 5.69 Å². The Bertz CT molecular complexity index is 1480. The Morgan fingerprint density at radius 2 is 1.81 bits per heavy atom. The summed E-state index contributed by atoms with van der Waals surface area (Å²) in [7, 11) is 0. The summed E-state index contributed by atoms with van der Waals surface area (Å²) in [5, 5.41) is 13.8. The monoisotopic (exact) mass is 510 g/mol. The lowest BCUT2D eigenvalue weighted by molar-refractivity contribution is 0.0697. The van der Waals surface area contributed by atoms with Gasteiger partial charge in [-0.2, -0.15) is 0 Å². The number of carbonyl (C=O) groups is 1. The van der Waals surface area contributed by atoms with Crippen molar-refractivity contribution >= 4 is 29.0 Å². The molecule has 0 radical (unpaired) electrons. The molecule has 2 aromatic heterocycles. The largest absolute Gasteiger partial charge is 0.478 e. The molecule has 37 heavy (non-hydrogen) atoms. The molecule has 0 aliphatic carbocycles. The number of hydrogen-bond acceptors (Lipinski definition) is 3. The van der Waals surface area contributed by atoms with Crippen LogP contribution in [0.3, 0.4) is 0 Å². The Balaban J connectivity index is 1.68. The number of nitrogens with one attached hydrogen (secondary N) is 1. The van der Waals surface area contributed by atoms with Gasteiger partial charge in [0.2, 0.25) is 0 Å². The number of rotatable bonds is 6. The molecule has 0 unspecified atom stereocenters. The maximum absolute atomic E-state index is 11.7. The molecule has 188 valence electrons. The second kappa shape index (κ2) is 9.82. The zero-order chi connectivity index (χ0) is 26.3. The van der Waals surface area contributed by atoms with Crippen molar-refractivity contribution in [2.45, 2.75) is 46.2 Å². The van der Waals surface area contributed by atoms with Crippen LogP contribution in [-0.4, -0.2) is 25.7 Å². The molecule has 1 aliphatic heterocycles. The number of hydrogen-bond donors (Lipinski definition) is 2. The highest BCUT2D eigenvalue weighted by Gasteiger charge is 2.42. The first-order valence-electron chi connectivity index (χ1n) is 12.4. The van der Waals surface area contributed by atoms with E-state index < -0.39 is 5.97 Å². The normalized spacial score (nSPS) is 17.2. The molecule has 1 saturated heterocycles. The van der Waals surface area contributed by atoms with Gasteiger partial charge in [0, 0.05) is 29.0 Å². The number of aryl methyl sites for hydroxylation is 3. The van der Waals surface area contributed by atoms with E-state index in [1.165, 1.54) is 5.56 Å². The third kappa shape index (κ3) is 4.40. The van der Waals surface area contributed by atoms with E-state index in [2.05, 4.69) is 70.9 Å². The molecule has 0 spiro atoms. The Kier molecular flexibility index (Phi) is 6.56. The van der Waals surface area contributed by atoms with Crippen LogP contribution in [0.15, 0.2) is 72.9 Å². The highest BCUT2D eigenvalue weighted by atomic mass is 32.1. The third-order valence-electron chi connectivity index (χ3n) is 7.21. The molecule has 3 heterocycles. The van der Waals surface area contributed by atoms with Crippen LogP contribution in [-0.2, 0) is 6.42 Å². The van der Waals surface area contributed by atoms with E-state index in [1.807, 2.05) is 31.2 Å². The van der Waals surface area contributed by atoms with Gasteiger partial charge in [0.1, 0.15) is 0 Å². The number of carboxylic acids is 1. The molecule has 0 amide bonds. The first kappa shape index (κ1) is 24.7. The molecule has 2 N–H and O–H groups in total. The highest BCUT2D eigenvalue weighted by Crippen LogP contribution is 2.44. The summed E-state index contributed by atoms with van der Waals surface area (Å²) in [5.41, 5.74) is 8.51. The average Bonchev–Trinajstić information content (AvgIpc) is 3.39. The summed E-state index contributed by atoms with van der Waals surface area (Å²) in [6.07, 6.45) is 2.78. The number of anilines is 1. The van der Waals surface area contributed by atoms with Crippen LogP contribution in [0.25, 0.3) is 5.69 Å². The number of aromatic nitrogens is 2. The smallest absolute Gasteiger partial charge is 0.335 e. The van der Waals surface area contributed by atoms with Crippen LogP contribution >= 0.6 is 12.2 Å². The average molecular weight is 511 g/mol. The zero-order valence-electron chi connectivity index (χ0n) is 21.4. The van der Waals surface area contributed by atoms with E-state index in [-0.39, 0.29) is 17.6 Å². The minimum absolute atomic E-state index is 0.141. The van der Waals surface area contributed by atoms with Crippen molar-refractivity contribution in [1.82, 2.24) is 14.9 Å². The fourth-order valence-corrected chi connectivity index (χ4v) is 5.63. The first-order valence-corrected chi connectivity index (χ1v) is 12.8. The van der Waals surface area contributed by atoms with E-state index >= 15 is 0 Å². The molecule has 6 nitrogen and oxygen atoms in total. The topological polar surface area (TPSA) is 70.4 Å². The van der Waals surface area contributed by atoms with E-state index in [0.29, 0.717) is 5.11 Å². The maximum atomic E-state index is 11.7. The number of aromatic carboxylic acids is 1. The fourth-order valence-electron chi connectivity index (χ4n) is 5.28. The van der Waals surface area contributed by atoms with Crippen LogP contribution in [0.2, 0.25) is 0 Å². The van der Waals surface area contributed by atoms with Gasteiger partial charge in [0.05, 0.1) is 23.3 Å². The fraction of sp³-hybridized carbons (Fsp3) is 0.233. The Morgan fingerprint density at radius 3 is 2.46 bits per heavy atom. The van der Waals surface area contributed by atoms with Gasteiger partial charge in [-0.1, -0.05) is 31.2 Å². The molecular weight excluding hydrogens is 480 g/mol. The molecule has 1 aliphatic rings. The van der Waals surface area contributed by atoms with E-state index in [4.69, 9.17) is 12.2 Å². The minimum Gasteiger partial charge on any atom is -0.478 e. The summed E-state index contributed by atoms with van der Waals surface area (Å²) >= 11 is 5.90. The van der Waals surface area contributed by atoms with Crippen molar-refractivity contribution in [2.24, 2.45) is 0 Å². The van der Waals surface area contributed by atoms with Gasteiger partial charge in [-0.05, 0) is 98.6 Å².